The summed E-state index contributed by atoms with van der Waals surface area (Å²) in [6.07, 6.45) is 5.05. The molecule has 0 fully saturated rings. The van der Waals surface area contributed by atoms with Crippen molar-refractivity contribution in [2.45, 2.75) is 43.5 Å². The molecule has 3 aromatic rings. The van der Waals surface area contributed by atoms with Crippen LogP contribution in [0.3, 0.4) is 0 Å². The van der Waals surface area contributed by atoms with Crippen LogP contribution in [0.1, 0.15) is 37.1 Å². The van der Waals surface area contributed by atoms with Crippen molar-refractivity contribution in [3.63, 3.8) is 0 Å². The van der Waals surface area contributed by atoms with Crippen molar-refractivity contribution in [2.24, 2.45) is 0 Å². The molecule has 5 rings (SSSR count). The normalized spacial score (nSPS) is 19.3. The van der Waals surface area contributed by atoms with E-state index in [1.807, 2.05) is 0 Å². The van der Waals surface area contributed by atoms with E-state index in [1.54, 1.807) is 13.4 Å². The van der Waals surface area contributed by atoms with Crippen LogP contribution in [0.15, 0.2) is 42.7 Å². The van der Waals surface area contributed by atoms with Gasteiger partial charge in [-0.05, 0) is 0 Å². The molecule has 1 aliphatic heterocycles. The summed E-state index contributed by atoms with van der Waals surface area (Å²) in [5.74, 6) is 1.66. The number of hydrogen-bond donors (Lipinski definition) is 1. The van der Waals surface area contributed by atoms with Crippen LogP contribution in [0.2, 0.25) is 0 Å². The number of benzene rings is 2. The van der Waals surface area contributed by atoms with Crippen LogP contribution < -0.4 is 13.9 Å². The van der Waals surface area contributed by atoms with Gasteiger partial charge in [-0.2, -0.15) is 0 Å². The first-order valence-electron chi connectivity index (χ1n) is 9.74. The number of imidazole rings is 1. The quantitative estimate of drug-likeness (QED) is 0.635. The summed E-state index contributed by atoms with van der Waals surface area (Å²) in [7, 11) is 1.72. The molecule has 1 aliphatic carbocycles. The summed E-state index contributed by atoms with van der Waals surface area (Å²) in [5.41, 5.74) is 6.30. The summed E-state index contributed by atoms with van der Waals surface area (Å²) in [6.45, 7) is 4.57. The van der Waals surface area contributed by atoms with Crippen LogP contribution in [-0.2, 0) is 17.2 Å². The van der Waals surface area contributed by atoms with Gasteiger partial charge < -0.3 is 0 Å². The summed E-state index contributed by atoms with van der Waals surface area (Å²) in [4.78, 5) is 7.95. The van der Waals surface area contributed by atoms with E-state index in [2.05, 4.69) is 60.2 Å². The molecule has 1 aromatic heterocycles. The third-order valence-corrected chi connectivity index (χ3v) is 8.39. The van der Waals surface area contributed by atoms with Crippen LogP contribution in [0, 0.1) is 0 Å². The predicted molar refractivity (Wildman–Crippen MR) is 112 cm³/mol. The molecule has 4 nitrogen and oxygen atoms in total. The van der Waals surface area contributed by atoms with Crippen molar-refractivity contribution in [3.8, 4) is 22.8 Å². The molecule has 0 saturated carbocycles. The van der Waals surface area contributed by atoms with E-state index in [4.69, 9.17) is 9.47 Å². The second-order valence-electron chi connectivity index (χ2n) is 7.99. The van der Waals surface area contributed by atoms with Gasteiger partial charge in [0.1, 0.15) is 0 Å². The first-order valence-corrected chi connectivity index (χ1v) is 11.4. The van der Waals surface area contributed by atoms with E-state index in [9.17, 15) is 0 Å². The number of aromatic nitrogens is 2. The number of nitrogens with zero attached hydrogens (tertiary/aromatic N) is 1. The number of aryl methyl sites for hydroxylation is 1. The number of fused-ring (bicyclic) bond motifs is 4. The number of ether oxygens (including phenoxy) is 2. The van der Waals surface area contributed by atoms with Crippen molar-refractivity contribution in [1.82, 2.24) is 9.97 Å². The van der Waals surface area contributed by atoms with E-state index in [0.29, 0.717) is 0 Å². The standard InChI is InChI=1S/C23H24N2O2Se/c1-23(2)22-21(24-13-25-22)17-11-18(26-3)19(12-20(17)28-23)27-16-9-8-14-6-4-5-7-15(14)10-16/h4-7,11-13,16H,8-10H2,1-3H3,(H,24,25). The average molecular weight is 439 g/mol. The van der Waals surface area contributed by atoms with Gasteiger partial charge in [0.2, 0.25) is 0 Å². The Balaban J connectivity index is 1.49. The Morgan fingerprint density at radius 1 is 1.14 bits per heavy atom. The SMILES string of the molecule is COc1cc2c(cc1OC1CCc3ccccc3C1)[Se]C(C)(C)c1[nH]cnc1-2. The zero-order valence-corrected chi connectivity index (χ0v) is 18.1. The molecular formula is C23H24N2O2Se. The van der Waals surface area contributed by atoms with Gasteiger partial charge in [-0.15, -0.1) is 0 Å². The number of aromatic amines is 1. The summed E-state index contributed by atoms with van der Waals surface area (Å²) in [5, 5.41) is 0. The van der Waals surface area contributed by atoms with Gasteiger partial charge in [0, 0.05) is 0 Å². The Bertz CT molecular complexity index is 1040. The molecular weight excluding hydrogens is 415 g/mol. The van der Waals surface area contributed by atoms with Crippen molar-refractivity contribution < 1.29 is 9.47 Å². The summed E-state index contributed by atoms with van der Waals surface area (Å²) >= 11 is 0.283. The van der Waals surface area contributed by atoms with E-state index in [0.717, 1.165) is 36.5 Å². The third kappa shape index (κ3) is 2.94. The van der Waals surface area contributed by atoms with Crippen LogP contribution in [0.25, 0.3) is 11.3 Å². The molecule has 0 bridgehead atoms. The fourth-order valence-electron chi connectivity index (χ4n) is 4.29. The van der Waals surface area contributed by atoms with Crippen LogP contribution in [0.4, 0.5) is 0 Å². The van der Waals surface area contributed by atoms with Crippen LogP contribution >= 0.6 is 0 Å². The van der Waals surface area contributed by atoms with Gasteiger partial charge >= 0.3 is 172 Å². The van der Waals surface area contributed by atoms with Crippen molar-refractivity contribution in [2.75, 3.05) is 7.11 Å². The molecule has 1 N–H and O–H groups in total. The second-order valence-corrected chi connectivity index (χ2v) is 11.5. The van der Waals surface area contributed by atoms with E-state index in [1.165, 1.54) is 26.8 Å². The van der Waals surface area contributed by atoms with Gasteiger partial charge in [-0.3, -0.25) is 0 Å². The van der Waals surface area contributed by atoms with Crippen LogP contribution in [-0.4, -0.2) is 38.1 Å². The van der Waals surface area contributed by atoms with Crippen molar-refractivity contribution >= 4 is 19.4 Å². The number of methoxy groups -OCH3 is 1. The fraction of sp³-hybridized carbons (Fsp3) is 0.348. The zero-order valence-electron chi connectivity index (χ0n) is 16.4. The molecule has 144 valence electrons. The molecule has 2 heterocycles. The van der Waals surface area contributed by atoms with Gasteiger partial charge in [-0.25, -0.2) is 0 Å². The molecule has 2 aromatic carbocycles. The van der Waals surface area contributed by atoms with E-state index >= 15 is 0 Å². The molecule has 28 heavy (non-hydrogen) atoms. The first kappa shape index (κ1) is 17.8. The Hall–Kier alpha value is -2.23. The fourth-order valence-corrected chi connectivity index (χ4v) is 6.89. The number of nitrogens with one attached hydrogen (secondary N) is 1. The van der Waals surface area contributed by atoms with Gasteiger partial charge in [0.15, 0.2) is 0 Å². The molecule has 1 atom stereocenters. The molecule has 0 spiro atoms. The Labute approximate surface area is 171 Å². The zero-order chi connectivity index (χ0) is 19.3. The average Bonchev–Trinajstić information content (AvgIpc) is 3.19. The Morgan fingerprint density at radius 3 is 2.79 bits per heavy atom. The van der Waals surface area contributed by atoms with Crippen LogP contribution in [0.5, 0.6) is 11.5 Å². The summed E-state index contributed by atoms with van der Waals surface area (Å²) in [6, 6.07) is 13.0. The maximum atomic E-state index is 6.49. The molecule has 1 unspecified atom stereocenters. The Morgan fingerprint density at radius 2 is 1.96 bits per heavy atom. The maximum absolute atomic E-state index is 6.49. The minimum atomic E-state index is 0.0848. The van der Waals surface area contributed by atoms with E-state index < -0.39 is 0 Å². The van der Waals surface area contributed by atoms with Gasteiger partial charge in [0.05, 0.1) is 0 Å². The van der Waals surface area contributed by atoms with Crippen molar-refractivity contribution in [1.29, 1.82) is 0 Å². The van der Waals surface area contributed by atoms with E-state index in [-0.39, 0.29) is 25.4 Å². The monoisotopic (exact) mass is 440 g/mol. The predicted octanol–water partition coefficient (Wildman–Crippen LogP) is 3.60. The van der Waals surface area contributed by atoms with Gasteiger partial charge in [0.25, 0.3) is 0 Å². The third-order valence-electron chi connectivity index (χ3n) is 5.72. The molecule has 0 saturated heterocycles. The van der Waals surface area contributed by atoms with Gasteiger partial charge in [-0.1, -0.05) is 0 Å². The molecule has 0 radical (unpaired) electrons. The number of H-pyrrole nitrogens is 1. The number of hydrogen-bond acceptors (Lipinski definition) is 3. The topological polar surface area (TPSA) is 47.1 Å². The van der Waals surface area contributed by atoms with Crippen molar-refractivity contribution in [3.05, 3.63) is 59.5 Å². The molecule has 0 amide bonds. The molecule has 5 heteroatoms. The second kappa shape index (κ2) is 6.68. The summed E-state index contributed by atoms with van der Waals surface area (Å²) < 4.78 is 13.6. The minimum absolute atomic E-state index is 0.0848. The Kier molecular flexibility index (Phi) is 4.26. The molecule has 2 aliphatic rings. The number of rotatable bonds is 3. The first-order chi connectivity index (χ1) is 13.5.